The van der Waals surface area contributed by atoms with E-state index in [1.54, 1.807) is 26.2 Å². The summed E-state index contributed by atoms with van der Waals surface area (Å²) in [5.74, 6) is 0.624. The van der Waals surface area contributed by atoms with Crippen molar-refractivity contribution in [1.29, 1.82) is 0 Å². The van der Waals surface area contributed by atoms with Crippen LogP contribution in [0, 0.1) is 6.92 Å². The molecule has 10 heteroatoms. The van der Waals surface area contributed by atoms with Crippen molar-refractivity contribution < 1.29 is 22.0 Å². The zero-order valence-electron chi connectivity index (χ0n) is 14.4. The van der Waals surface area contributed by atoms with Crippen molar-refractivity contribution >= 4 is 15.9 Å². The Morgan fingerprint density at radius 2 is 2.15 bits per heavy atom. The summed E-state index contributed by atoms with van der Waals surface area (Å²) >= 11 is 0. The van der Waals surface area contributed by atoms with Gasteiger partial charge in [0, 0.05) is 20.2 Å². The zero-order chi connectivity index (χ0) is 18.9. The van der Waals surface area contributed by atoms with Gasteiger partial charge in [0.05, 0.1) is 24.6 Å². The fraction of sp³-hybridized carbons (Fsp3) is 0.250. The van der Waals surface area contributed by atoms with E-state index in [0.717, 1.165) is 0 Å². The number of aryl methyl sites for hydroxylation is 1. The third-order valence-corrected chi connectivity index (χ3v) is 5.21. The number of carbonyl (C=O) groups is 1. The Bertz CT molecular complexity index is 1020. The lowest BCUT2D eigenvalue weighted by Gasteiger charge is -2.08. The highest BCUT2D eigenvalue weighted by atomic mass is 32.2. The van der Waals surface area contributed by atoms with Crippen LogP contribution in [0.1, 0.15) is 21.9 Å². The molecule has 0 saturated heterocycles. The SMILES string of the molecule is Cc1oc(-c2[nH]ncc2C(=O)N(C)C)cc1S(=O)(=O)NCc1ccco1. The minimum atomic E-state index is -3.82. The molecular formula is C16H18N4O5S. The van der Waals surface area contributed by atoms with E-state index in [0.29, 0.717) is 11.5 Å². The molecule has 0 spiro atoms. The number of rotatable bonds is 6. The highest BCUT2D eigenvalue weighted by Gasteiger charge is 2.25. The fourth-order valence-electron chi connectivity index (χ4n) is 2.39. The normalized spacial score (nSPS) is 11.7. The lowest BCUT2D eigenvalue weighted by molar-refractivity contribution is 0.0828. The average Bonchev–Trinajstić information content (AvgIpc) is 3.32. The Balaban J connectivity index is 1.90. The summed E-state index contributed by atoms with van der Waals surface area (Å²) in [5, 5.41) is 6.55. The van der Waals surface area contributed by atoms with E-state index < -0.39 is 10.0 Å². The number of amides is 1. The molecule has 0 radical (unpaired) electrons. The fourth-order valence-corrected chi connectivity index (χ4v) is 3.56. The second kappa shape index (κ2) is 6.81. The van der Waals surface area contributed by atoms with Crippen LogP contribution in [0.4, 0.5) is 0 Å². The first kappa shape index (κ1) is 18.0. The van der Waals surface area contributed by atoms with E-state index in [-0.39, 0.29) is 34.4 Å². The van der Waals surface area contributed by atoms with Gasteiger partial charge in [-0.2, -0.15) is 5.10 Å². The van der Waals surface area contributed by atoms with Crippen molar-refractivity contribution in [3.63, 3.8) is 0 Å². The predicted molar refractivity (Wildman–Crippen MR) is 91.8 cm³/mol. The maximum atomic E-state index is 12.5. The maximum Gasteiger partial charge on any atom is 0.257 e. The largest absolute Gasteiger partial charge is 0.468 e. The topological polar surface area (TPSA) is 121 Å². The molecule has 26 heavy (non-hydrogen) atoms. The van der Waals surface area contributed by atoms with E-state index in [4.69, 9.17) is 8.83 Å². The van der Waals surface area contributed by atoms with Crippen molar-refractivity contribution in [2.75, 3.05) is 14.1 Å². The third kappa shape index (κ3) is 3.41. The van der Waals surface area contributed by atoms with Gasteiger partial charge >= 0.3 is 0 Å². The van der Waals surface area contributed by atoms with Crippen LogP contribution >= 0.6 is 0 Å². The van der Waals surface area contributed by atoms with Crippen molar-refractivity contribution in [3.8, 4) is 11.5 Å². The smallest absolute Gasteiger partial charge is 0.257 e. The first-order chi connectivity index (χ1) is 12.3. The van der Waals surface area contributed by atoms with Gasteiger partial charge in [0.2, 0.25) is 10.0 Å². The van der Waals surface area contributed by atoms with Gasteiger partial charge in [-0.05, 0) is 19.1 Å². The molecule has 2 N–H and O–H groups in total. The molecule has 0 fully saturated rings. The second-order valence-corrected chi connectivity index (χ2v) is 7.53. The quantitative estimate of drug-likeness (QED) is 0.674. The molecule has 9 nitrogen and oxygen atoms in total. The van der Waals surface area contributed by atoms with Crippen LogP contribution in [0.3, 0.4) is 0 Å². The highest BCUT2D eigenvalue weighted by molar-refractivity contribution is 7.89. The van der Waals surface area contributed by atoms with Crippen molar-refractivity contribution in [2.24, 2.45) is 0 Å². The molecule has 0 aliphatic heterocycles. The molecule has 138 valence electrons. The number of nitrogens with zero attached hydrogens (tertiary/aromatic N) is 2. The Labute approximate surface area is 150 Å². The van der Waals surface area contributed by atoms with E-state index >= 15 is 0 Å². The number of carbonyl (C=O) groups excluding carboxylic acids is 1. The summed E-state index contributed by atoms with van der Waals surface area (Å²) in [5.41, 5.74) is 0.607. The third-order valence-electron chi connectivity index (χ3n) is 3.70. The molecule has 0 aliphatic rings. The van der Waals surface area contributed by atoms with Crippen molar-refractivity contribution in [1.82, 2.24) is 19.8 Å². The maximum absolute atomic E-state index is 12.5. The Morgan fingerprint density at radius 1 is 1.38 bits per heavy atom. The molecule has 3 aromatic heterocycles. The molecule has 0 unspecified atom stereocenters. The first-order valence-electron chi connectivity index (χ1n) is 7.67. The highest BCUT2D eigenvalue weighted by Crippen LogP contribution is 2.29. The van der Waals surface area contributed by atoms with Gasteiger partial charge in [0.1, 0.15) is 22.1 Å². The zero-order valence-corrected chi connectivity index (χ0v) is 15.3. The van der Waals surface area contributed by atoms with E-state index in [1.807, 2.05) is 0 Å². The Kier molecular flexibility index (Phi) is 4.70. The summed E-state index contributed by atoms with van der Waals surface area (Å²) in [6.07, 6.45) is 2.84. The van der Waals surface area contributed by atoms with E-state index in [9.17, 15) is 13.2 Å². The van der Waals surface area contributed by atoms with Crippen molar-refractivity contribution in [2.45, 2.75) is 18.4 Å². The number of hydrogen-bond acceptors (Lipinski definition) is 6. The van der Waals surface area contributed by atoms with Crippen LogP contribution in [0.5, 0.6) is 0 Å². The first-order valence-corrected chi connectivity index (χ1v) is 9.16. The molecule has 0 atom stereocenters. The van der Waals surface area contributed by atoms with Crippen LogP contribution in [0.2, 0.25) is 0 Å². The standard InChI is InChI=1S/C16H18N4O5S/c1-10-14(26(22,23)18-8-11-5-4-6-24-11)7-13(25-10)15-12(9-17-19-15)16(21)20(2)3/h4-7,9,18H,8H2,1-3H3,(H,17,19). The lowest BCUT2D eigenvalue weighted by atomic mass is 10.2. The second-order valence-electron chi connectivity index (χ2n) is 5.79. The number of aromatic amines is 1. The van der Waals surface area contributed by atoms with Gasteiger partial charge in [-0.15, -0.1) is 0 Å². The average molecular weight is 378 g/mol. The number of nitrogens with one attached hydrogen (secondary N) is 2. The van der Waals surface area contributed by atoms with E-state index in [2.05, 4.69) is 14.9 Å². The molecular weight excluding hydrogens is 360 g/mol. The lowest BCUT2D eigenvalue weighted by Crippen LogP contribution is -2.23. The number of sulfonamides is 1. The van der Waals surface area contributed by atoms with Gasteiger partial charge in [0.25, 0.3) is 5.91 Å². The van der Waals surface area contributed by atoms with Crippen LogP contribution in [-0.2, 0) is 16.6 Å². The monoisotopic (exact) mass is 378 g/mol. The summed E-state index contributed by atoms with van der Waals surface area (Å²) in [4.78, 5) is 13.6. The molecule has 3 heterocycles. The molecule has 3 rings (SSSR count). The van der Waals surface area contributed by atoms with Crippen LogP contribution in [0.25, 0.3) is 11.5 Å². The van der Waals surface area contributed by atoms with Crippen molar-refractivity contribution in [3.05, 3.63) is 47.7 Å². The molecule has 1 amide bonds. The van der Waals surface area contributed by atoms with Crippen LogP contribution in [0.15, 0.2) is 44.4 Å². The van der Waals surface area contributed by atoms with Gasteiger partial charge < -0.3 is 13.7 Å². The minimum absolute atomic E-state index is 0.0168. The summed E-state index contributed by atoms with van der Waals surface area (Å²) in [7, 11) is -0.596. The predicted octanol–water partition coefficient (Wildman–Crippen LogP) is 1.75. The number of H-pyrrole nitrogens is 1. The summed E-state index contributed by atoms with van der Waals surface area (Å²) in [6.45, 7) is 1.55. The van der Waals surface area contributed by atoms with Crippen LogP contribution in [-0.4, -0.2) is 43.5 Å². The minimum Gasteiger partial charge on any atom is -0.468 e. The molecule has 0 aromatic carbocycles. The number of hydrogen-bond donors (Lipinski definition) is 2. The molecule has 3 aromatic rings. The van der Waals surface area contributed by atoms with Gasteiger partial charge in [0.15, 0.2) is 5.76 Å². The van der Waals surface area contributed by atoms with Gasteiger partial charge in [-0.1, -0.05) is 0 Å². The van der Waals surface area contributed by atoms with Gasteiger partial charge in [-0.3, -0.25) is 9.89 Å². The summed E-state index contributed by atoms with van der Waals surface area (Å²) < 4.78 is 38.2. The Hall–Kier alpha value is -2.85. The number of furan rings is 2. The van der Waals surface area contributed by atoms with E-state index in [1.165, 1.54) is 30.4 Å². The Morgan fingerprint density at radius 3 is 2.81 bits per heavy atom. The number of aromatic nitrogens is 2. The van der Waals surface area contributed by atoms with Crippen LogP contribution < -0.4 is 4.72 Å². The summed E-state index contributed by atoms with van der Waals surface area (Å²) in [6, 6.07) is 4.70. The molecule has 0 saturated carbocycles. The molecule has 0 bridgehead atoms. The molecule has 0 aliphatic carbocycles. The van der Waals surface area contributed by atoms with Gasteiger partial charge in [-0.25, -0.2) is 13.1 Å².